The van der Waals surface area contributed by atoms with E-state index in [-0.39, 0.29) is 22.8 Å². The van der Waals surface area contributed by atoms with E-state index < -0.39 is 12.6 Å². The van der Waals surface area contributed by atoms with Crippen molar-refractivity contribution in [2.45, 2.75) is 0 Å². The van der Waals surface area contributed by atoms with Crippen LogP contribution in [0.3, 0.4) is 0 Å². The monoisotopic (exact) mass is 360 g/mol. The Balaban J connectivity index is 2.13. The van der Waals surface area contributed by atoms with E-state index in [4.69, 9.17) is 23.7 Å². The van der Waals surface area contributed by atoms with E-state index in [2.05, 4.69) is 0 Å². The average Bonchev–Trinajstić information content (AvgIpc) is 2.70. The molecule has 0 aliphatic rings. The lowest BCUT2D eigenvalue weighted by Crippen LogP contribution is -2.15. The van der Waals surface area contributed by atoms with Crippen LogP contribution in [0.15, 0.2) is 36.4 Å². The molecule has 0 aliphatic carbocycles. The van der Waals surface area contributed by atoms with E-state index in [1.165, 1.54) is 34.5 Å². The molecule has 0 unspecified atom stereocenters. The summed E-state index contributed by atoms with van der Waals surface area (Å²) in [6, 6.07) is 9.57. The lowest BCUT2D eigenvalue weighted by atomic mass is 10.1. The molecule has 0 saturated carbocycles. The van der Waals surface area contributed by atoms with Crippen LogP contribution in [0.1, 0.15) is 20.7 Å². The van der Waals surface area contributed by atoms with Gasteiger partial charge in [0.1, 0.15) is 11.3 Å². The first kappa shape index (κ1) is 19.1. The van der Waals surface area contributed by atoms with E-state index in [9.17, 15) is 9.59 Å². The van der Waals surface area contributed by atoms with Gasteiger partial charge >= 0.3 is 5.97 Å². The largest absolute Gasteiger partial charge is 0.497 e. The molecule has 0 spiro atoms. The molecule has 0 fully saturated rings. The maximum absolute atomic E-state index is 12.4. The molecule has 138 valence electrons. The lowest BCUT2D eigenvalue weighted by molar-refractivity contribution is 0.0471. The topological polar surface area (TPSA) is 80.3 Å². The molecule has 2 rings (SSSR count). The number of rotatable bonds is 8. The highest BCUT2D eigenvalue weighted by Gasteiger charge is 2.22. The second-order valence-corrected chi connectivity index (χ2v) is 5.11. The fourth-order valence-electron chi connectivity index (χ4n) is 2.33. The third kappa shape index (κ3) is 4.05. The van der Waals surface area contributed by atoms with Crippen molar-refractivity contribution in [3.63, 3.8) is 0 Å². The van der Waals surface area contributed by atoms with E-state index in [1.807, 2.05) is 0 Å². The first-order valence-corrected chi connectivity index (χ1v) is 7.69. The van der Waals surface area contributed by atoms with Gasteiger partial charge in [-0.1, -0.05) is 0 Å². The molecule has 0 amide bonds. The highest BCUT2D eigenvalue weighted by atomic mass is 16.5. The fraction of sp³-hybridized carbons (Fsp3) is 0.263. The molecule has 0 radical (unpaired) electrons. The van der Waals surface area contributed by atoms with Crippen molar-refractivity contribution in [2.24, 2.45) is 0 Å². The van der Waals surface area contributed by atoms with Crippen LogP contribution in [0.25, 0.3) is 0 Å². The van der Waals surface area contributed by atoms with Gasteiger partial charge in [-0.2, -0.15) is 0 Å². The zero-order chi connectivity index (χ0) is 19.1. The fourth-order valence-corrected chi connectivity index (χ4v) is 2.33. The van der Waals surface area contributed by atoms with Gasteiger partial charge in [0.15, 0.2) is 23.9 Å². The van der Waals surface area contributed by atoms with Crippen LogP contribution in [0, 0.1) is 0 Å². The van der Waals surface area contributed by atoms with Crippen LogP contribution >= 0.6 is 0 Å². The maximum Gasteiger partial charge on any atom is 0.342 e. The zero-order valence-electron chi connectivity index (χ0n) is 15.0. The summed E-state index contributed by atoms with van der Waals surface area (Å²) in [5.41, 5.74) is 0.547. The van der Waals surface area contributed by atoms with Gasteiger partial charge in [0.25, 0.3) is 0 Å². The van der Waals surface area contributed by atoms with E-state index in [0.717, 1.165) is 0 Å². The summed E-state index contributed by atoms with van der Waals surface area (Å²) < 4.78 is 25.8. The van der Waals surface area contributed by atoms with Crippen molar-refractivity contribution in [3.05, 3.63) is 47.5 Å². The van der Waals surface area contributed by atoms with Crippen molar-refractivity contribution in [1.82, 2.24) is 0 Å². The number of ether oxygens (including phenoxy) is 5. The van der Waals surface area contributed by atoms with E-state index in [1.54, 1.807) is 30.3 Å². The third-order valence-electron chi connectivity index (χ3n) is 3.67. The summed E-state index contributed by atoms with van der Waals surface area (Å²) >= 11 is 0. The number of benzene rings is 2. The summed E-state index contributed by atoms with van der Waals surface area (Å²) in [6.45, 7) is -0.400. The number of carbonyl (C=O) groups excluding carboxylic acids is 2. The van der Waals surface area contributed by atoms with Crippen molar-refractivity contribution in [3.8, 4) is 23.0 Å². The molecular formula is C19H20O7. The summed E-state index contributed by atoms with van der Waals surface area (Å²) in [5.74, 6) is 0.452. The Kier molecular flexibility index (Phi) is 6.43. The Morgan fingerprint density at radius 2 is 1.42 bits per heavy atom. The van der Waals surface area contributed by atoms with E-state index >= 15 is 0 Å². The summed E-state index contributed by atoms with van der Waals surface area (Å²) in [7, 11) is 5.84. The van der Waals surface area contributed by atoms with Crippen LogP contribution < -0.4 is 18.9 Å². The molecule has 0 N–H and O–H groups in total. The number of carbonyl (C=O) groups is 2. The molecule has 0 aliphatic heterocycles. The van der Waals surface area contributed by atoms with Gasteiger partial charge in [-0.15, -0.1) is 0 Å². The maximum atomic E-state index is 12.4. The molecule has 26 heavy (non-hydrogen) atoms. The number of Topliss-reactive ketones (excluding diaryl/α,β-unsaturated/α-hetero) is 1. The number of ketones is 1. The molecule has 0 bridgehead atoms. The SMILES string of the molecule is COc1ccc(C(=O)COC(=O)c2ccc(OC)c(OC)c2OC)cc1. The first-order valence-electron chi connectivity index (χ1n) is 7.69. The lowest BCUT2D eigenvalue weighted by Gasteiger charge is -2.15. The van der Waals surface area contributed by atoms with Crippen LogP contribution in [0.4, 0.5) is 0 Å². The second-order valence-electron chi connectivity index (χ2n) is 5.11. The van der Waals surface area contributed by atoms with Gasteiger partial charge in [-0.05, 0) is 36.4 Å². The Hall–Kier alpha value is -3.22. The average molecular weight is 360 g/mol. The van der Waals surface area contributed by atoms with Crippen LogP contribution in [0.2, 0.25) is 0 Å². The van der Waals surface area contributed by atoms with E-state index in [0.29, 0.717) is 17.1 Å². The quantitative estimate of drug-likeness (QED) is 0.529. The van der Waals surface area contributed by atoms with Crippen molar-refractivity contribution in [1.29, 1.82) is 0 Å². The molecule has 0 heterocycles. The van der Waals surface area contributed by atoms with Crippen LogP contribution in [0.5, 0.6) is 23.0 Å². The normalized spacial score (nSPS) is 10.0. The second kappa shape index (κ2) is 8.75. The van der Waals surface area contributed by atoms with Crippen molar-refractivity contribution < 1.29 is 33.3 Å². The number of methoxy groups -OCH3 is 4. The predicted octanol–water partition coefficient (Wildman–Crippen LogP) is 2.76. The van der Waals surface area contributed by atoms with Crippen LogP contribution in [-0.2, 0) is 4.74 Å². The predicted molar refractivity (Wildman–Crippen MR) is 93.7 cm³/mol. The summed E-state index contributed by atoms with van der Waals surface area (Å²) in [4.78, 5) is 24.5. The highest BCUT2D eigenvalue weighted by Crippen LogP contribution is 2.39. The molecule has 2 aromatic carbocycles. The minimum atomic E-state index is -0.704. The molecule has 7 nitrogen and oxygen atoms in total. The minimum absolute atomic E-state index is 0.132. The number of esters is 1. The Labute approximate surface area is 151 Å². The molecular weight excluding hydrogens is 340 g/mol. The minimum Gasteiger partial charge on any atom is -0.497 e. The van der Waals surface area contributed by atoms with Crippen LogP contribution in [-0.4, -0.2) is 46.8 Å². The molecule has 2 aromatic rings. The summed E-state index contributed by atoms with van der Waals surface area (Å²) in [5, 5.41) is 0. The van der Waals surface area contributed by atoms with Gasteiger partial charge < -0.3 is 23.7 Å². The van der Waals surface area contributed by atoms with Crippen molar-refractivity contribution >= 4 is 11.8 Å². The van der Waals surface area contributed by atoms with Gasteiger partial charge in [-0.3, -0.25) is 4.79 Å². The molecule has 0 aromatic heterocycles. The molecule has 0 saturated heterocycles. The van der Waals surface area contributed by atoms with Gasteiger partial charge in [0.2, 0.25) is 5.75 Å². The number of hydrogen-bond donors (Lipinski definition) is 0. The highest BCUT2D eigenvalue weighted by molar-refractivity contribution is 6.00. The molecule has 7 heteroatoms. The summed E-state index contributed by atoms with van der Waals surface area (Å²) in [6.07, 6.45) is 0. The Bertz CT molecular complexity index is 781. The Morgan fingerprint density at radius 1 is 0.769 bits per heavy atom. The molecule has 0 atom stereocenters. The van der Waals surface area contributed by atoms with Crippen molar-refractivity contribution in [2.75, 3.05) is 35.0 Å². The third-order valence-corrected chi connectivity index (χ3v) is 3.67. The van der Waals surface area contributed by atoms with Gasteiger partial charge in [0.05, 0.1) is 28.4 Å². The van der Waals surface area contributed by atoms with Gasteiger partial charge in [0, 0.05) is 5.56 Å². The Morgan fingerprint density at radius 3 is 1.96 bits per heavy atom. The first-order chi connectivity index (χ1) is 12.5. The number of hydrogen-bond acceptors (Lipinski definition) is 7. The van der Waals surface area contributed by atoms with Gasteiger partial charge in [-0.25, -0.2) is 4.79 Å². The smallest absolute Gasteiger partial charge is 0.342 e. The standard InChI is InChI=1S/C19H20O7/c1-22-13-7-5-12(6-8-13)15(20)11-26-19(21)14-9-10-16(23-2)18(25-4)17(14)24-3/h5-10H,11H2,1-4H3. The zero-order valence-corrected chi connectivity index (χ0v) is 15.0.